The van der Waals surface area contributed by atoms with Crippen molar-refractivity contribution in [1.82, 2.24) is 0 Å². The lowest BCUT2D eigenvalue weighted by atomic mass is 10.0. The monoisotopic (exact) mass is 654 g/mol. The van der Waals surface area contributed by atoms with E-state index in [0.29, 0.717) is 0 Å². The highest BCUT2D eigenvalue weighted by molar-refractivity contribution is 5.39. The van der Waals surface area contributed by atoms with Gasteiger partial charge in [0.15, 0.2) is 0 Å². The molecule has 0 spiro atoms. The lowest BCUT2D eigenvalue weighted by molar-refractivity contribution is 0.510. The first kappa shape index (κ1) is 44.0. The Labute approximate surface area is 297 Å². The van der Waals surface area contributed by atoms with Crippen LogP contribution in [-0.4, -0.2) is 0 Å². The van der Waals surface area contributed by atoms with E-state index in [9.17, 15) is 0 Å². The largest absolute Gasteiger partial charge is 0.399 e. The van der Waals surface area contributed by atoms with Crippen molar-refractivity contribution in [2.45, 2.75) is 257 Å². The van der Waals surface area contributed by atoms with Crippen LogP contribution in [0.15, 0.2) is 24.3 Å². The van der Waals surface area contributed by atoms with Crippen LogP contribution in [0.4, 0.5) is 5.69 Å². The first-order valence-electron chi connectivity index (χ1n) is 22.2. The van der Waals surface area contributed by atoms with Crippen molar-refractivity contribution in [3.63, 3.8) is 0 Å². The molecule has 0 radical (unpaired) electrons. The molecule has 1 aromatic carbocycles. The third-order valence-corrected chi connectivity index (χ3v) is 10.8. The molecule has 47 heavy (non-hydrogen) atoms. The molecule has 0 amide bonds. The molecule has 0 bridgehead atoms. The van der Waals surface area contributed by atoms with Gasteiger partial charge in [0, 0.05) is 5.69 Å². The molecule has 0 unspecified atom stereocenters. The molecule has 1 rings (SSSR count). The van der Waals surface area contributed by atoms with Crippen LogP contribution in [0.2, 0.25) is 0 Å². The second kappa shape index (κ2) is 37.8. The predicted molar refractivity (Wildman–Crippen MR) is 216 cm³/mol. The van der Waals surface area contributed by atoms with Gasteiger partial charge in [-0.2, -0.15) is 0 Å². The van der Waals surface area contributed by atoms with Crippen molar-refractivity contribution in [2.24, 2.45) is 0 Å². The highest BCUT2D eigenvalue weighted by Crippen LogP contribution is 2.18. The zero-order valence-electron chi connectivity index (χ0n) is 32.5. The summed E-state index contributed by atoms with van der Waals surface area (Å²) in [7, 11) is 0. The van der Waals surface area contributed by atoms with Gasteiger partial charge in [-0.05, 0) is 30.5 Å². The van der Waals surface area contributed by atoms with Gasteiger partial charge < -0.3 is 5.73 Å². The quantitative estimate of drug-likeness (QED) is 0.0555. The van der Waals surface area contributed by atoms with Crippen LogP contribution in [0.5, 0.6) is 0 Å². The standard InChI is InChI=1S/C46H87N/c1-2-3-4-5-6-7-8-9-10-11-12-13-14-15-16-17-18-19-20-21-22-23-24-25-26-27-28-29-30-31-32-33-34-35-36-37-38-39-40-45-41-43-46(47)44-42-45/h41-44H,2-40,47H2,1H3. The van der Waals surface area contributed by atoms with Crippen molar-refractivity contribution in [3.8, 4) is 0 Å². The maximum Gasteiger partial charge on any atom is 0.0314 e. The van der Waals surface area contributed by atoms with E-state index in [0.717, 1.165) is 5.69 Å². The van der Waals surface area contributed by atoms with E-state index in [-0.39, 0.29) is 0 Å². The lowest BCUT2D eigenvalue weighted by Crippen LogP contribution is -1.88. The van der Waals surface area contributed by atoms with E-state index in [2.05, 4.69) is 19.1 Å². The molecule has 0 fully saturated rings. The molecule has 1 heteroatoms. The molecule has 0 saturated carbocycles. The van der Waals surface area contributed by atoms with E-state index >= 15 is 0 Å². The Hall–Kier alpha value is -0.980. The Morgan fingerprint density at radius 1 is 0.277 bits per heavy atom. The molecule has 1 nitrogen and oxygen atoms in total. The Balaban J connectivity index is 1.62. The second-order valence-corrected chi connectivity index (χ2v) is 15.6. The number of hydrogen-bond donors (Lipinski definition) is 1. The number of anilines is 1. The number of rotatable bonds is 39. The van der Waals surface area contributed by atoms with Crippen molar-refractivity contribution >= 4 is 5.69 Å². The summed E-state index contributed by atoms with van der Waals surface area (Å²) in [5.41, 5.74) is 8.08. The average Bonchev–Trinajstić information content (AvgIpc) is 3.08. The number of unbranched alkanes of at least 4 members (excludes halogenated alkanes) is 37. The van der Waals surface area contributed by atoms with Crippen LogP contribution in [-0.2, 0) is 6.42 Å². The minimum atomic E-state index is 0.875. The number of benzene rings is 1. The smallest absolute Gasteiger partial charge is 0.0314 e. The molecule has 0 atom stereocenters. The maximum absolute atomic E-state index is 5.77. The van der Waals surface area contributed by atoms with Gasteiger partial charge in [0.1, 0.15) is 0 Å². The fourth-order valence-corrected chi connectivity index (χ4v) is 7.45. The summed E-state index contributed by atoms with van der Waals surface area (Å²) in [6, 6.07) is 8.42. The highest BCUT2D eigenvalue weighted by atomic mass is 14.5. The normalized spacial score (nSPS) is 11.5. The molecule has 1 aromatic rings. The van der Waals surface area contributed by atoms with E-state index in [1.165, 1.54) is 256 Å². The van der Waals surface area contributed by atoms with E-state index in [4.69, 9.17) is 5.73 Å². The van der Waals surface area contributed by atoms with Crippen LogP contribution < -0.4 is 5.73 Å². The maximum atomic E-state index is 5.77. The molecular weight excluding hydrogens is 567 g/mol. The molecule has 2 N–H and O–H groups in total. The van der Waals surface area contributed by atoms with Crippen molar-refractivity contribution in [2.75, 3.05) is 5.73 Å². The summed E-state index contributed by atoms with van der Waals surface area (Å²) in [6.45, 7) is 2.31. The Kier molecular flexibility index (Phi) is 35.5. The van der Waals surface area contributed by atoms with Gasteiger partial charge in [-0.25, -0.2) is 0 Å². The van der Waals surface area contributed by atoms with Gasteiger partial charge in [-0.1, -0.05) is 257 Å². The zero-order chi connectivity index (χ0) is 33.6. The molecule has 0 aliphatic carbocycles. The topological polar surface area (TPSA) is 26.0 Å². The fourth-order valence-electron chi connectivity index (χ4n) is 7.45. The van der Waals surface area contributed by atoms with Crippen LogP contribution in [0, 0.1) is 0 Å². The first-order chi connectivity index (χ1) is 23.3. The van der Waals surface area contributed by atoms with Gasteiger partial charge >= 0.3 is 0 Å². The Bertz CT molecular complexity index is 693. The minimum absolute atomic E-state index is 0.875. The van der Waals surface area contributed by atoms with Crippen LogP contribution >= 0.6 is 0 Å². The zero-order valence-corrected chi connectivity index (χ0v) is 32.5. The second-order valence-electron chi connectivity index (χ2n) is 15.6. The summed E-state index contributed by atoms with van der Waals surface area (Å²) in [5.74, 6) is 0. The summed E-state index contributed by atoms with van der Waals surface area (Å²) in [4.78, 5) is 0. The Morgan fingerprint density at radius 2 is 0.468 bits per heavy atom. The summed E-state index contributed by atoms with van der Waals surface area (Å²) < 4.78 is 0. The number of nitrogen functional groups attached to an aromatic ring is 1. The van der Waals surface area contributed by atoms with E-state index < -0.39 is 0 Å². The molecule has 0 heterocycles. The summed E-state index contributed by atoms with van der Waals surface area (Å²) in [5, 5.41) is 0. The SMILES string of the molecule is CCCCCCCCCCCCCCCCCCCCCCCCCCCCCCCCCCCCCCCCc1ccc(N)cc1. The molecule has 0 aliphatic heterocycles. The molecule has 0 saturated heterocycles. The average molecular weight is 654 g/mol. The predicted octanol–water partition coefficient (Wildman–Crippen LogP) is 16.7. The number of hydrogen-bond acceptors (Lipinski definition) is 1. The number of aryl methyl sites for hydroxylation is 1. The van der Waals surface area contributed by atoms with E-state index in [1.807, 2.05) is 12.1 Å². The van der Waals surface area contributed by atoms with Crippen LogP contribution in [0.1, 0.15) is 256 Å². The van der Waals surface area contributed by atoms with Gasteiger partial charge in [0.25, 0.3) is 0 Å². The third-order valence-electron chi connectivity index (χ3n) is 10.8. The van der Waals surface area contributed by atoms with Crippen molar-refractivity contribution in [1.29, 1.82) is 0 Å². The van der Waals surface area contributed by atoms with Crippen molar-refractivity contribution in [3.05, 3.63) is 29.8 Å². The molecule has 276 valence electrons. The summed E-state index contributed by atoms with van der Waals surface area (Å²) >= 11 is 0. The van der Waals surface area contributed by atoms with Gasteiger partial charge in [-0.3, -0.25) is 0 Å². The van der Waals surface area contributed by atoms with Crippen LogP contribution in [0.3, 0.4) is 0 Å². The molecule has 0 aromatic heterocycles. The highest BCUT2D eigenvalue weighted by Gasteiger charge is 1.98. The third kappa shape index (κ3) is 34.7. The Morgan fingerprint density at radius 3 is 0.681 bits per heavy atom. The van der Waals surface area contributed by atoms with E-state index in [1.54, 1.807) is 0 Å². The summed E-state index contributed by atoms with van der Waals surface area (Å²) in [6.07, 6.45) is 57.0. The van der Waals surface area contributed by atoms with Crippen LogP contribution in [0.25, 0.3) is 0 Å². The molecule has 0 aliphatic rings. The van der Waals surface area contributed by atoms with Gasteiger partial charge in [0.05, 0.1) is 0 Å². The number of nitrogens with two attached hydrogens (primary N) is 1. The minimum Gasteiger partial charge on any atom is -0.399 e. The molecular formula is C46H87N. The van der Waals surface area contributed by atoms with Gasteiger partial charge in [-0.15, -0.1) is 0 Å². The van der Waals surface area contributed by atoms with Crippen molar-refractivity contribution < 1.29 is 0 Å². The lowest BCUT2D eigenvalue weighted by Gasteiger charge is -2.05. The first-order valence-corrected chi connectivity index (χ1v) is 22.2. The van der Waals surface area contributed by atoms with Gasteiger partial charge in [0.2, 0.25) is 0 Å². The fraction of sp³-hybridized carbons (Fsp3) is 0.870.